The Bertz CT molecular complexity index is 393. The van der Waals surface area contributed by atoms with E-state index in [1.165, 1.54) is 0 Å². The molecule has 0 aromatic carbocycles. The van der Waals surface area contributed by atoms with Gasteiger partial charge in [0.2, 0.25) is 0 Å². The number of aryl methyl sites for hydroxylation is 1. The minimum atomic E-state index is -0.171. The Kier molecular flexibility index (Phi) is 2.59. The first-order valence-corrected chi connectivity index (χ1v) is 5.72. The molecule has 0 atom stereocenters. The molecule has 1 heterocycles. The highest BCUT2D eigenvalue weighted by molar-refractivity contribution is 6.33. The van der Waals surface area contributed by atoms with Crippen molar-refractivity contribution in [1.82, 2.24) is 9.78 Å². The summed E-state index contributed by atoms with van der Waals surface area (Å²) in [4.78, 5) is 12.2. The highest BCUT2D eigenvalue weighted by atomic mass is 35.5. The zero-order valence-electron chi connectivity index (χ0n) is 9.09. The summed E-state index contributed by atoms with van der Waals surface area (Å²) >= 11 is 6.01. The molecule has 82 valence electrons. The molecule has 0 N–H and O–H groups in total. The van der Waals surface area contributed by atoms with Crippen LogP contribution >= 0.6 is 11.6 Å². The van der Waals surface area contributed by atoms with Gasteiger partial charge in [-0.25, -0.2) is 0 Å². The lowest BCUT2D eigenvalue weighted by Gasteiger charge is -2.09. The molecule has 1 aromatic heterocycles. The predicted molar refractivity (Wildman–Crippen MR) is 59.2 cm³/mol. The van der Waals surface area contributed by atoms with Crippen LogP contribution < -0.4 is 0 Å². The monoisotopic (exact) mass is 226 g/mol. The van der Waals surface area contributed by atoms with E-state index >= 15 is 0 Å². The molecule has 0 radical (unpaired) electrons. The fourth-order valence-electron chi connectivity index (χ4n) is 1.67. The summed E-state index contributed by atoms with van der Waals surface area (Å²) in [5.41, 5.74) is 0.424. The molecule has 0 bridgehead atoms. The fraction of sp³-hybridized carbons (Fsp3) is 0.636. The van der Waals surface area contributed by atoms with E-state index in [4.69, 9.17) is 11.6 Å². The minimum Gasteiger partial charge on any atom is -0.292 e. The molecule has 1 saturated carbocycles. The van der Waals surface area contributed by atoms with E-state index in [1.807, 2.05) is 6.92 Å². The molecule has 0 unspecified atom stereocenters. The van der Waals surface area contributed by atoms with Gasteiger partial charge in [-0.2, -0.15) is 5.10 Å². The third-order valence-electron chi connectivity index (χ3n) is 2.99. The van der Waals surface area contributed by atoms with Crippen molar-refractivity contribution in [3.63, 3.8) is 0 Å². The van der Waals surface area contributed by atoms with E-state index in [0.29, 0.717) is 10.7 Å². The molecular weight excluding hydrogens is 212 g/mol. The number of halogens is 1. The lowest BCUT2D eigenvalue weighted by molar-refractivity contribution is 0.0901. The molecule has 4 heteroatoms. The second-order valence-electron chi connectivity index (χ2n) is 4.45. The number of hydrogen-bond donors (Lipinski definition) is 0. The average Bonchev–Trinajstić information content (AvgIpc) is 2.85. The van der Waals surface area contributed by atoms with E-state index < -0.39 is 0 Å². The van der Waals surface area contributed by atoms with E-state index in [1.54, 1.807) is 10.9 Å². The van der Waals surface area contributed by atoms with Gasteiger partial charge in [0.25, 0.3) is 0 Å². The Labute approximate surface area is 94.4 Å². The van der Waals surface area contributed by atoms with Crippen molar-refractivity contribution in [2.45, 2.75) is 39.7 Å². The molecule has 0 amide bonds. The van der Waals surface area contributed by atoms with Crippen molar-refractivity contribution in [2.24, 2.45) is 5.41 Å². The largest absolute Gasteiger partial charge is 0.292 e. The molecule has 3 nitrogen and oxygen atoms in total. The Morgan fingerprint density at radius 2 is 2.33 bits per heavy atom. The van der Waals surface area contributed by atoms with Crippen LogP contribution in [0.15, 0.2) is 6.20 Å². The smallest absolute Gasteiger partial charge is 0.188 e. The Hall–Kier alpha value is -0.830. The van der Waals surface area contributed by atoms with Crippen LogP contribution in [0.5, 0.6) is 0 Å². The Balaban J connectivity index is 2.33. The second-order valence-corrected chi connectivity index (χ2v) is 4.86. The normalized spacial score (nSPS) is 17.8. The van der Waals surface area contributed by atoms with Crippen LogP contribution in [0.1, 0.15) is 43.6 Å². The molecule has 1 aromatic rings. The maximum absolute atomic E-state index is 12.2. The van der Waals surface area contributed by atoms with Crippen molar-refractivity contribution >= 4 is 17.4 Å². The van der Waals surface area contributed by atoms with Crippen LogP contribution in [0.25, 0.3) is 0 Å². The maximum Gasteiger partial charge on any atom is 0.188 e. The Morgan fingerprint density at radius 1 is 1.67 bits per heavy atom. The predicted octanol–water partition coefficient (Wildman–Crippen LogP) is 2.93. The van der Waals surface area contributed by atoms with Gasteiger partial charge in [0.15, 0.2) is 5.78 Å². The first-order valence-electron chi connectivity index (χ1n) is 5.34. The quantitative estimate of drug-likeness (QED) is 0.740. The SMILES string of the molecule is CCCn1ncc(Cl)c1C(=O)C1(C)CC1. The molecule has 2 rings (SSSR count). The standard InChI is InChI=1S/C11H15ClN2O/c1-3-6-14-9(8(12)7-13-14)10(15)11(2)4-5-11/h7H,3-6H2,1-2H3. The highest BCUT2D eigenvalue weighted by Gasteiger charge is 2.46. The van der Waals surface area contributed by atoms with E-state index in [-0.39, 0.29) is 11.2 Å². The van der Waals surface area contributed by atoms with Crippen molar-refractivity contribution in [3.8, 4) is 0 Å². The first kappa shape index (κ1) is 10.7. The number of carbonyl (C=O) groups is 1. The summed E-state index contributed by atoms with van der Waals surface area (Å²) in [6.07, 6.45) is 4.46. The average molecular weight is 227 g/mol. The second kappa shape index (κ2) is 3.63. The number of hydrogen-bond acceptors (Lipinski definition) is 2. The van der Waals surface area contributed by atoms with Gasteiger partial charge in [-0.05, 0) is 19.3 Å². The van der Waals surface area contributed by atoms with Gasteiger partial charge in [0.1, 0.15) is 5.69 Å². The van der Waals surface area contributed by atoms with Crippen LogP contribution in [-0.4, -0.2) is 15.6 Å². The van der Waals surface area contributed by atoms with E-state index in [9.17, 15) is 4.79 Å². The number of rotatable bonds is 4. The number of Topliss-reactive ketones (excluding diaryl/α,β-unsaturated/α-hetero) is 1. The van der Waals surface area contributed by atoms with Gasteiger partial charge in [0.05, 0.1) is 11.2 Å². The summed E-state index contributed by atoms with van der Waals surface area (Å²) < 4.78 is 1.73. The Morgan fingerprint density at radius 3 is 2.87 bits per heavy atom. The third kappa shape index (κ3) is 1.81. The third-order valence-corrected chi connectivity index (χ3v) is 3.27. The van der Waals surface area contributed by atoms with Crippen LogP contribution in [0.4, 0.5) is 0 Å². The van der Waals surface area contributed by atoms with Crippen molar-refractivity contribution < 1.29 is 4.79 Å². The molecule has 0 aliphatic heterocycles. The molecule has 1 fully saturated rings. The van der Waals surface area contributed by atoms with Gasteiger partial charge >= 0.3 is 0 Å². The fourth-order valence-corrected chi connectivity index (χ4v) is 1.90. The van der Waals surface area contributed by atoms with Gasteiger partial charge in [-0.15, -0.1) is 0 Å². The lowest BCUT2D eigenvalue weighted by Crippen LogP contribution is -2.18. The summed E-state index contributed by atoms with van der Waals surface area (Å²) in [5, 5.41) is 4.62. The summed E-state index contributed by atoms with van der Waals surface area (Å²) in [7, 11) is 0. The van der Waals surface area contributed by atoms with Gasteiger partial charge in [0, 0.05) is 12.0 Å². The molecule has 1 aliphatic carbocycles. The highest BCUT2D eigenvalue weighted by Crippen LogP contribution is 2.48. The first-order chi connectivity index (χ1) is 7.08. The zero-order valence-corrected chi connectivity index (χ0v) is 9.84. The molecule has 1 aliphatic rings. The maximum atomic E-state index is 12.2. The van der Waals surface area contributed by atoms with E-state index in [0.717, 1.165) is 25.8 Å². The molecular formula is C11H15ClN2O. The lowest BCUT2D eigenvalue weighted by atomic mass is 10.0. The van der Waals surface area contributed by atoms with Crippen LogP contribution in [0, 0.1) is 5.41 Å². The molecule has 0 spiro atoms. The molecule has 0 saturated heterocycles. The van der Waals surface area contributed by atoms with Gasteiger partial charge in [-0.3, -0.25) is 9.48 Å². The number of carbonyl (C=O) groups excluding carboxylic acids is 1. The van der Waals surface area contributed by atoms with Gasteiger partial charge in [-0.1, -0.05) is 25.4 Å². The van der Waals surface area contributed by atoms with Crippen LogP contribution in [0.2, 0.25) is 5.02 Å². The van der Waals surface area contributed by atoms with Crippen molar-refractivity contribution in [3.05, 3.63) is 16.9 Å². The minimum absolute atomic E-state index is 0.151. The molecule has 15 heavy (non-hydrogen) atoms. The van der Waals surface area contributed by atoms with E-state index in [2.05, 4.69) is 12.0 Å². The van der Waals surface area contributed by atoms with Crippen molar-refractivity contribution in [1.29, 1.82) is 0 Å². The summed E-state index contributed by atoms with van der Waals surface area (Å²) in [5.74, 6) is 0.151. The number of ketones is 1. The number of aromatic nitrogens is 2. The van der Waals surface area contributed by atoms with Crippen LogP contribution in [0.3, 0.4) is 0 Å². The van der Waals surface area contributed by atoms with Crippen LogP contribution in [-0.2, 0) is 6.54 Å². The number of nitrogens with zero attached hydrogens (tertiary/aromatic N) is 2. The topological polar surface area (TPSA) is 34.9 Å². The summed E-state index contributed by atoms with van der Waals surface area (Å²) in [6, 6.07) is 0. The van der Waals surface area contributed by atoms with Gasteiger partial charge < -0.3 is 0 Å². The van der Waals surface area contributed by atoms with Crippen molar-refractivity contribution in [2.75, 3.05) is 0 Å². The summed E-state index contributed by atoms with van der Waals surface area (Å²) in [6.45, 7) is 4.81. The zero-order chi connectivity index (χ0) is 11.1.